The largest absolute Gasteiger partial charge is 0.0616 e. The lowest BCUT2D eigenvalue weighted by Crippen LogP contribution is -2.07. The monoisotopic (exact) mass is 322 g/mol. The Morgan fingerprint density at radius 3 is 2.31 bits per heavy atom. The third-order valence-corrected chi connectivity index (χ3v) is 4.99. The molecule has 0 spiro atoms. The van der Waals surface area contributed by atoms with Gasteiger partial charge in [0, 0.05) is 3.57 Å². The zero-order valence-electron chi connectivity index (χ0n) is 9.52. The Labute approximate surface area is 110 Å². The maximum Gasteiger partial charge on any atom is 0.0243 e. The van der Waals surface area contributed by atoms with Crippen molar-refractivity contribution in [1.82, 2.24) is 0 Å². The van der Waals surface area contributed by atoms with E-state index in [0.717, 1.165) is 0 Å². The summed E-state index contributed by atoms with van der Waals surface area (Å²) in [4.78, 5) is 0. The highest BCUT2D eigenvalue weighted by molar-refractivity contribution is 14.1. The van der Waals surface area contributed by atoms with Crippen LogP contribution in [-0.2, 0) is 12.8 Å². The van der Waals surface area contributed by atoms with E-state index in [0.29, 0.717) is 0 Å². The molecule has 0 saturated carbocycles. The summed E-state index contributed by atoms with van der Waals surface area (Å²) in [6, 6.07) is 8.83. The van der Waals surface area contributed by atoms with Gasteiger partial charge in [-0.2, -0.15) is 0 Å². The first-order chi connectivity index (χ1) is 7.79. The van der Waals surface area contributed by atoms with E-state index in [9.17, 15) is 0 Å². The quantitative estimate of drug-likeness (QED) is 0.620. The minimum atomic E-state index is 1.28. The van der Waals surface area contributed by atoms with Crippen LogP contribution in [-0.4, -0.2) is 0 Å². The van der Waals surface area contributed by atoms with Gasteiger partial charge >= 0.3 is 0 Å². The number of fused-ring (bicyclic) bond motifs is 2. The van der Waals surface area contributed by atoms with Crippen molar-refractivity contribution in [3.05, 3.63) is 44.5 Å². The maximum atomic E-state index is 2.54. The summed E-state index contributed by atoms with van der Waals surface area (Å²) in [6.45, 7) is 2.29. The predicted molar refractivity (Wildman–Crippen MR) is 78.0 cm³/mol. The fourth-order valence-electron chi connectivity index (χ4n) is 2.89. The van der Waals surface area contributed by atoms with E-state index in [-0.39, 0.29) is 0 Å². The highest BCUT2D eigenvalue weighted by Crippen LogP contribution is 2.35. The second kappa shape index (κ2) is 4.02. The Hall–Kier alpha value is -0.570. The van der Waals surface area contributed by atoms with E-state index < -0.39 is 0 Å². The van der Waals surface area contributed by atoms with Crippen molar-refractivity contribution in [3.8, 4) is 0 Å². The van der Waals surface area contributed by atoms with Crippen LogP contribution in [0.3, 0.4) is 0 Å². The topological polar surface area (TPSA) is 0 Å². The summed E-state index contributed by atoms with van der Waals surface area (Å²) in [7, 11) is 0. The minimum absolute atomic E-state index is 1.28. The van der Waals surface area contributed by atoms with E-state index in [1.54, 1.807) is 11.1 Å². The molecule has 0 atom stereocenters. The standard InChI is InChI=1S/C15H15I/c1-10-11-6-2-4-8-13(11)15(16)14-9-5-3-7-12(10)14/h2,4,6,8H,3,5,7,9H2,1H3. The second-order valence-electron chi connectivity index (χ2n) is 4.65. The van der Waals surface area contributed by atoms with Gasteiger partial charge in [-0.05, 0) is 82.7 Å². The smallest absolute Gasteiger partial charge is 0.0243 e. The number of hydrogen-bond donors (Lipinski definition) is 0. The first-order valence-corrected chi connectivity index (χ1v) is 7.05. The van der Waals surface area contributed by atoms with E-state index in [4.69, 9.17) is 0 Å². The molecule has 1 heteroatoms. The number of aryl methyl sites for hydroxylation is 1. The maximum absolute atomic E-state index is 2.54. The third-order valence-electron chi connectivity index (χ3n) is 3.75. The molecule has 0 bridgehead atoms. The van der Waals surface area contributed by atoms with Gasteiger partial charge in [-0.15, -0.1) is 0 Å². The summed E-state index contributed by atoms with van der Waals surface area (Å²) < 4.78 is 1.49. The Bertz CT molecular complexity index is 504. The molecule has 0 amide bonds. The van der Waals surface area contributed by atoms with Crippen LogP contribution in [0.1, 0.15) is 29.5 Å². The molecule has 82 valence electrons. The van der Waals surface area contributed by atoms with E-state index in [2.05, 4.69) is 53.8 Å². The van der Waals surface area contributed by atoms with Gasteiger partial charge in [-0.3, -0.25) is 0 Å². The molecule has 0 aliphatic heterocycles. The Kier molecular flexibility index (Phi) is 2.66. The first-order valence-electron chi connectivity index (χ1n) is 5.97. The Morgan fingerprint density at radius 2 is 1.56 bits per heavy atom. The highest BCUT2D eigenvalue weighted by atomic mass is 127. The lowest BCUT2D eigenvalue weighted by atomic mass is 9.86. The number of rotatable bonds is 0. The molecule has 0 saturated heterocycles. The van der Waals surface area contributed by atoms with Crippen molar-refractivity contribution < 1.29 is 0 Å². The zero-order valence-corrected chi connectivity index (χ0v) is 11.7. The summed E-state index contributed by atoms with van der Waals surface area (Å²) in [5.74, 6) is 0. The average molecular weight is 322 g/mol. The van der Waals surface area contributed by atoms with Crippen molar-refractivity contribution in [2.45, 2.75) is 32.6 Å². The van der Waals surface area contributed by atoms with Crippen LogP contribution in [0.25, 0.3) is 10.8 Å². The lowest BCUT2D eigenvalue weighted by Gasteiger charge is -2.22. The van der Waals surface area contributed by atoms with Crippen molar-refractivity contribution in [1.29, 1.82) is 0 Å². The zero-order chi connectivity index (χ0) is 11.1. The molecule has 2 aromatic carbocycles. The van der Waals surface area contributed by atoms with Gasteiger partial charge in [-0.1, -0.05) is 24.3 Å². The van der Waals surface area contributed by atoms with E-state index >= 15 is 0 Å². The molecular weight excluding hydrogens is 307 g/mol. The molecule has 2 aromatic rings. The van der Waals surface area contributed by atoms with Gasteiger partial charge in [0.25, 0.3) is 0 Å². The lowest BCUT2D eigenvalue weighted by molar-refractivity contribution is 0.681. The van der Waals surface area contributed by atoms with Crippen LogP contribution >= 0.6 is 22.6 Å². The van der Waals surface area contributed by atoms with E-state index in [1.165, 1.54) is 45.6 Å². The van der Waals surface area contributed by atoms with Crippen LogP contribution in [0.2, 0.25) is 0 Å². The normalized spacial score (nSPS) is 15.1. The van der Waals surface area contributed by atoms with Crippen molar-refractivity contribution in [2.24, 2.45) is 0 Å². The summed E-state index contributed by atoms with van der Waals surface area (Å²) in [5, 5.41) is 2.90. The SMILES string of the molecule is Cc1c2c(c(I)c3ccccc13)CCCC2. The highest BCUT2D eigenvalue weighted by Gasteiger charge is 2.17. The molecule has 3 rings (SSSR count). The molecular formula is C15H15I. The molecule has 0 aromatic heterocycles. The van der Waals surface area contributed by atoms with Gasteiger partial charge in [0.05, 0.1) is 0 Å². The minimum Gasteiger partial charge on any atom is -0.0616 e. The molecule has 0 unspecified atom stereocenters. The Balaban J connectivity index is 2.44. The molecule has 0 fully saturated rings. The molecule has 0 radical (unpaired) electrons. The number of hydrogen-bond acceptors (Lipinski definition) is 0. The predicted octanol–water partition coefficient (Wildman–Crippen LogP) is 4.63. The fraction of sp³-hybridized carbons (Fsp3) is 0.333. The molecule has 1 aliphatic carbocycles. The first kappa shape index (κ1) is 10.6. The summed E-state index contributed by atoms with van der Waals surface area (Å²) in [6.07, 6.45) is 5.28. The van der Waals surface area contributed by atoms with Gasteiger partial charge in [-0.25, -0.2) is 0 Å². The summed E-state index contributed by atoms with van der Waals surface area (Å²) in [5.41, 5.74) is 4.78. The van der Waals surface area contributed by atoms with Crippen molar-refractivity contribution in [3.63, 3.8) is 0 Å². The number of halogens is 1. The van der Waals surface area contributed by atoms with Crippen molar-refractivity contribution >= 4 is 33.4 Å². The molecule has 0 nitrogen and oxygen atoms in total. The fourth-order valence-corrected chi connectivity index (χ4v) is 3.95. The third kappa shape index (κ3) is 1.48. The van der Waals surface area contributed by atoms with Crippen LogP contribution in [0, 0.1) is 10.5 Å². The van der Waals surface area contributed by atoms with Crippen LogP contribution in [0.4, 0.5) is 0 Å². The summed E-state index contributed by atoms with van der Waals surface area (Å²) >= 11 is 2.54. The van der Waals surface area contributed by atoms with E-state index in [1.807, 2.05) is 0 Å². The average Bonchev–Trinajstić information content (AvgIpc) is 2.36. The van der Waals surface area contributed by atoms with Gasteiger partial charge < -0.3 is 0 Å². The van der Waals surface area contributed by atoms with Crippen LogP contribution in [0.15, 0.2) is 24.3 Å². The molecule has 1 aliphatic rings. The van der Waals surface area contributed by atoms with Crippen LogP contribution < -0.4 is 0 Å². The molecule has 0 N–H and O–H groups in total. The van der Waals surface area contributed by atoms with Gasteiger partial charge in [0.15, 0.2) is 0 Å². The number of benzene rings is 2. The Morgan fingerprint density at radius 1 is 0.938 bits per heavy atom. The van der Waals surface area contributed by atoms with Crippen LogP contribution in [0.5, 0.6) is 0 Å². The van der Waals surface area contributed by atoms with Crippen molar-refractivity contribution in [2.75, 3.05) is 0 Å². The molecule has 16 heavy (non-hydrogen) atoms. The van der Waals surface area contributed by atoms with Gasteiger partial charge in [0.1, 0.15) is 0 Å². The second-order valence-corrected chi connectivity index (χ2v) is 5.73. The molecule has 0 heterocycles. The van der Waals surface area contributed by atoms with Gasteiger partial charge in [0.2, 0.25) is 0 Å².